The van der Waals surface area contributed by atoms with Crippen LogP contribution in [-0.4, -0.2) is 34.0 Å². The van der Waals surface area contributed by atoms with E-state index < -0.39 is 0 Å². The predicted octanol–water partition coefficient (Wildman–Crippen LogP) is 5.91. The molecule has 2 heterocycles. The summed E-state index contributed by atoms with van der Waals surface area (Å²) in [6.07, 6.45) is 3.72. The monoisotopic (exact) mass is 461 g/mol. The van der Waals surface area contributed by atoms with E-state index in [9.17, 15) is 9.18 Å². The molecule has 0 N–H and O–H groups in total. The number of aromatic nitrogens is 2. The van der Waals surface area contributed by atoms with E-state index in [1.165, 1.54) is 12.1 Å². The minimum Gasteiger partial charge on any atom is -0.342 e. The van der Waals surface area contributed by atoms with Crippen molar-refractivity contribution in [2.24, 2.45) is 0 Å². The van der Waals surface area contributed by atoms with Crippen LogP contribution in [0.25, 0.3) is 11.4 Å². The van der Waals surface area contributed by atoms with Crippen LogP contribution in [0.5, 0.6) is 0 Å². The summed E-state index contributed by atoms with van der Waals surface area (Å²) < 4.78 is 18.9. The van der Waals surface area contributed by atoms with Crippen molar-refractivity contribution >= 4 is 29.1 Å². The van der Waals surface area contributed by atoms with Gasteiger partial charge in [-0.2, -0.15) is 4.98 Å². The summed E-state index contributed by atoms with van der Waals surface area (Å²) in [6.45, 7) is 1.28. The van der Waals surface area contributed by atoms with Crippen LogP contribution in [0.2, 0.25) is 10.0 Å². The number of amides is 1. The molecule has 162 valence electrons. The molecule has 4 rings (SSSR count). The van der Waals surface area contributed by atoms with Crippen molar-refractivity contribution < 1.29 is 13.7 Å². The van der Waals surface area contributed by atoms with E-state index in [1.807, 2.05) is 17.0 Å². The average Bonchev–Trinajstić information content (AvgIpc) is 3.27. The maximum Gasteiger partial charge on any atom is 0.231 e. The number of hydrogen-bond donors (Lipinski definition) is 0. The topological polar surface area (TPSA) is 59.2 Å². The van der Waals surface area contributed by atoms with Gasteiger partial charge in [-0.05, 0) is 55.5 Å². The van der Waals surface area contributed by atoms with Gasteiger partial charge >= 0.3 is 0 Å². The van der Waals surface area contributed by atoms with Gasteiger partial charge in [-0.25, -0.2) is 4.39 Å². The second-order valence-corrected chi connectivity index (χ2v) is 8.56. The van der Waals surface area contributed by atoms with Crippen molar-refractivity contribution in [1.82, 2.24) is 15.0 Å². The molecule has 1 fully saturated rings. The van der Waals surface area contributed by atoms with E-state index in [2.05, 4.69) is 10.1 Å². The van der Waals surface area contributed by atoms with E-state index in [1.54, 1.807) is 18.2 Å². The molecule has 1 unspecified atom stereocenters. The summed E-state index contributed by atoms with van der Waals surface area (Å²) in [6, 6.07) is 11.6. The summed E-state index contributed by atoms with van der Waals surface area (Å²) in [5.74, 6) is 0.614. The number of piperidine rings is 1. The lowest BCUT2D eigenvalue weighted by Gasteiger charge is -2.31. The number of benzene rings is 2. The van der Waals surface area contributed by atoms with Crippen LogP contribution in [-0.2, 0) is 11.2 Å². The van der Waals surface area contributed by atoms with Gasteiger partial charge in [-0.1, -0.05) is 46.6 Å². The minimum absolute atomic E-state index is 0.0115. The molecule has 1 aliphatic rings. The Balaban J connectivity index is 1.33. The number of aryl methyl sites for hydroxylation is 1. The van der Waals surface area contributed by atoms with Crippen LogP contribution in [0.3, 0.4) is 0 Å². The lowest BCUT2D eigenvalue weighted by Crippen LogP contribution is -2.39. The molecule has 31 heavy (non-hydrogen) atoms. The maximum absolute atomic E-state index is 13.5. The highest BCUT2D eigenvalue weighted by Gasteiger charge is 2.28. The number of rotatable bonds is 6. The summed E-state index contributed by atoms with van der Waals surface area (Å²) in [5.41, 5.74) is 1.63. The third-order valence-electron chi connectivity index (χ3n) is 5.49. The van der Waals surface area contributed by atoms with Gasteiger partial charge < -0.3 is 9.42 Å². The molecule has 1 amide bonds. The molecular weight excluding hydrogens is 440 g/mol. The molecule has 0 bridgehead atoms. The maximum atomic E-state index is 13.5. The Hall–Kier alpha value is -2.44. The molecule has 2 aromatic carbocycles. The van der Waals surface area contributed by atoms with Crippen molar-refractivity contribution in [3.05, 3.63) is 69.8 Å². The van der Waals surface area contributed by atoms with Crippen molar-refractivity contribution in [1.29, 1.82) is 0 Å². The number of hydrogen-bond acceptors (Lipinski definition) is 4. The Morgan fingerprint density at radius 2 is 2.06 bits per heavy atom. The van der Waals surface area contributed by atoms with Gasteiger partial charge in [-0.15, -0.1) is 0 Å². The number of carbonyl (C=O) groups is 1. The first-order valence-electron chi connectivity index (χ1n) is 10.3. The van der Waals surface area contributed by atoms with Crippen LogP contribution in [0.4, 0.5) is 4.39 Å². The van der Waals surface area contributed by atoms with E-state index in [-0.39, 0.29) is 17.6 Å². The van der Waals surface area contributed by atoms with Crippen molar-refractivity contribution in [2.75, 3.05) is 13.1 Å². The van der Waals surface area contributed by atoms with E-state index in [0.29, 0.717) is 40.3 Å². The van der Waals surface area contributed by atoms with Gasteiger partial charge in [0.1, 0.15) is 5.82 Å². The number of likely N-dealkylation sites (tertiary alicyclic amines) is 1. The van der Waals surface area contributed by atoms with Crippen molar-refractivity contribution in [3.63, 3.8) is 0 Å². The lowest BCUT2D eigenvalue weighted by atomic mass is 9.97. The summed E-state index contributed by atoms with van der Waals surface area (Å²) in [4.78, 5) is 19.0. The lowest BCUT2D eigenvalue weighted by molar-refractivity contribution is -0.132. The molecule has 1 atom stereocenters. The second kappa shape index (κ2) is 9.79. The molecule has 3 aromatic rings. The third kappa shape index (κ3) is 5.43. The molecule has 0 spiro atoms. The highest BCUT2D eigenvalue weighted by atomic mass is 35.5. The highest BCUT2D eigenvalue weighted by molar-refractivity contribution is 6.42. The zero-order valence-electron chi connectivity index (χ0n) is 16.9. The fraction of sp³-hybridized carbons (Fsp3) is 0.348. The van der Waals surface area contributed by atoms with Gasteiger partial charge in [0, 0.05) is 25.1 Å². The largest absolute Gasteiger partial charge is 0.342 e. The van der Waals surface area contributed by atoms with Crippen LogP contribution >= 0.6 is 23.2 Å². The Labute approximate surface area is 190 Å². The molecule has 1 aliphatic heterocycles. The molecule has 5 nitrogen and oxygen atoms in total. The molecule has 0 saturated carbocycles. The third-order valence-corrected chi connectivity index (χ3v) is 6.23. The number of halogens is 3. The molecular formula is C23H22Cl2FN3O2. The first-order valence-corrected chi connectivity index (χ1v) is 11.1. The SMILES string of the molecule is O=C(CCCc1ccc(Cl)c(Cl)c1)N1CCCC(c2nc(-c3cccc(F)c3)no2)C1. The Morgan fingerprint density at radius 3 is 2.87 bits per heavy atom. The van der Waals surface area contributed by atoms with Gasteiger partial charge in [0.25, 0.3) is 0 Å². The van der Waals surface area contributed by atoms with E-state index >= 15 is 0 Å². The smallest absolute Gasteiger partial charge is 0.231 e. The summed E-state index contributed by atoms with van der Waals surface area (Å²) >= 11 is 12.0. The molecule has 1 aromatic heterocycles. The average molecular weight is 462 g/mol. The fourth-order valence-electron chi connectivity index (χ4n) is 3.85. The molecule has 1 saturated heterocycles. The first kappa shape index (κ1) is 21.8. The van der Waals surface area contributed by atoms with E-state index in [4.69, 9.17) is 27.7 Å². The molecule has 8 heteroatoms. The van der Waals surface area contributed by atoms with Crippen LogP contribution < -0.4 is 0 Å². The zero-order chi connectivity index (χ0) is 21.8. The summed E-state index contributed by atoms with van der Waals surface area (Å²) in [5, 5.41) is 5.05. The summed E-state index contributed by atoms with van der Waals surface area (Å²) in [7, 11) is 0. The quantitative estimate of drug-likeness (QED) is 0.457. The van der Waals surface area contributed by atoms with Gasteiger partial charge in [0.2, 0.25) is 17.6 Å². The van der Waals surface area contributed by atoms with E-state index in [0.717, 1.165) is 37.8 Å². The van der Waals surface area contributed by atoms with Crippen molar-refractivity contribution in [2.45, 2.75) is 38.0 Å². The van der Waals surface area contributed by atoms with Crippen molar-refractivity contribution in [3.8, 4) is 11.4 Å². The normalized spacial score (nSPS) is 16.5. The Bertz CT molecular complexity index is 1070. The van der Waals surface area contributed by atoms with Crippen LogP contribution in [0.1, 0.15) is 43.1 Å². The Morgan fingerprint density at radius 1 is 1.19 bits per heavy atom. The van der Waals surface area contributed by atoms with Crippen LogP contribution in [0, 0.1) is 5.82 Å². The van der Waals surface area contributed by atoms with Gasteiger partial charge in [0.15, 0.2) is 0 Å². The van der Waals surface area contributed by atoms with Gasteiger partial charge in [0.05, 0.1) is 16.0 Å². The minimum atomic E-state index is -0.348. The molecule has 0 aliphatic carbocycles. The zero-order valence-corrected chi connectivity index (χ0v) is 18.4. The standard InChI is InChI=1S/C23H22Cl2FN3O2/c24-19-10-9-15(12-20(19)25)4-1-8-21(30)29-11-3-6-17(14-29)23-27-22(28-31-23)16-5-2-7-18(26)13-16/h2,5,7,9-10,12-13,17H,1,3-4,6,8,11,14H2. The molecule has 0 radical (unpaired) electrons. The number of carbonyl (C=O) groups excluding carboxylic acids is 1. The highest BCUT2D eigenvalue weighted by Crippen LogP contribution is 2.28. The predicted molar refractivity (Wildman–Crippen MR) is 118 cm³/mol. The first-order chi connectivity index (χ1) is 15.0. The second-order valence-electron chi connectivity index (χ2n) is 7.75. The van der Waals surface area contributed by atoms with Crippen LogP contribution in [0.15, 0.2) is 47.0 Å². The number of nitrogens with zero attached hydrogens (tertiary/aromatic N) is 3. The Kier molecular flexibility index (Phi) is 6.88. The fourth-order valence-corrected chi connectivity index (χ4v) is 4.17. The van der Waals surface area contributed by atoms with Gasteiger partial charge in [-0.3, -0.25) is 4.79 Å².